The maximum Gasteiger partial charge on any atom is 0.339 e. The van der Waals surface area contributed by atoms with Crippen LogP contribution in [0.1, 0.15) is 57.2 Å². The van der Waals surface area contributed by atoms with Gasteiger partial charge in [-0.05, 0) is 32.8 Å². The molecule has 9 nitrogen and oxygen atoms in total. The minimum Gasteiger partial charge on any atom is -0.465 e. The number of hydrogen-bond donors (Lipinski definition) is 1. The lowest BCUT2D eigenvalue weighted by molar-refractivity contribution is 0.0599. The van der Waals surface area contributed by atoms with Crippen LogP contribution in [0.4, 0.5) is 0 Å². The smallest absolute Gasteiger partial charge is 0.339 e. The fourth-order valence-electron chi connectivity index (χ4n) is 3.81. The Labute approximate surface area is 185 Å². The summed E-state index contributed by atoms with van der Waals surface area (Å²) in [5, 5.41) is 8.47. The Balaban J connectivity index is 1.85. The Bertz CT molecular complexity index is 1130. The molecule has 0 aromatic carbocycles. The van der Waals surface area contributed by atoms with Gasteiger partial charge in [0, 0.05) is 18.2 Å². The zero-order chi connectivity index (χ0) is 22.9. The Hall–Kier alpha value is -2.40. The van der Waals surface area contributed by atoms with Gasteiger partial charge in [-0.2, -0.15) is 0 Å². The Morgan fingerprint density at radius 3 is 2.68 bits per heavy atom. The lowest BCUT2D eigenvalue weighted by Crippen LogP contribution is -2.17. The number of carbonyl (C=O) groups is 2. The highest BCUT2D eigenvalue weighted by molar-refractivity contribution is 8.00. The summed E-state index contributed by atoms with van der Waals surface area (Å²) < 4.78 is 30.4. The number of rotatable bonds is 8. The number of Topliss-reactive ketones (excluding diaryl/α,β-unsaturated/α-hetero) is 1. The molecular weight excluding hydrogens is 440 g/mol. The molecule has 2 aromatic rings. The van der Waals surface area contributed by atoms with Gasteiger partial charge in [0.2, 0.25) is 0 Å². The molecule has 0 amide bonds. The number of carbonyl (C=O) groups excluding carboxylic acids is 2. The van der Waals surface area contributed by atoms with Gasteiger partial charge < -0.3 is 14.3 Å². The summed E-state index contributed by atoms with van der Waals surface area (Å²) in [7, 11) is -1.76. The molecule has 0 saturated carbocycles. The third kappa shape index (κ3) is 4.62. The third-order valence-electron chi connectivity index (χ3n) is 5.38. The van der Waals surface area contributed by atoms with Crippen LogP contribution >= 0.6 is 11.8 Å². The van der Waals surface area contributed by atoms with Gasteiger partial charge in [-0.25, -0.2) is 13.2 Å². The van der Waals surface area contributed by atoms with E-state index < -0.39 is 21.1 Å². The summed E-state index contributed by atoms with van der Waals surface area (Å²) >= 11 is 1.24. The molecule has 168 valence electrons. The van der Waals surface area contributed by atoms with Crippen LogP contribution < -0.4 is 0 Å². The molecule has 3 heterocycles. The minimum atomic E-state index is -3.06. The van der Waals surface area contributed by atoms with E-state index >= 15 is 0 Å². The number of aromatic amines is 1. The van der Waals surface area contributed by atoms with Crippen LogP contribution in [0.5, 0.6) is 0 Å². The quantitative estimate of drug-likeness (QED) is 0.272. The molecular formula is C20H26N4O5S2. The maximum atomic E-state index is 13.1. The van der Waals surface area contributed by atoms with Gasteiger partial charge in [-0.1, -0.05) is 17.8 Å². The first-order valence-electron chi connectivity index (χ1n) is 9.82. The number of aromatic nitrogens is 4. The van der Waals surface area contributed by atoms with Crippen molar-refractivity contribution in [3.05, 3.63) is 41.0 Å². The first-order valence-corrected chi connectivity index (χ1v) is 12.5. The van der Waals surface area contributed by atoms with Gasteiger partial charge >= 0.3 is 5.97 Å². The van der Waals surface area contributed by atoms with Crippen LogP contribution in [0, 0.1) is 13.8 Å². The zero-order valence-electron chi connectivity index (χ0n) is 18.0. The lowest BCUT2D eigenvalue weighted by atomic mass is 10.1. The highest BCUT2D eigenvalue weighted by Crippen LogP contribution is 2.32. The number of nitrogens with one attached hydrogen (secondary N) is 1. The molecule has 11 heteroatoms. The number of sulfone groups is 1. The number of hydrogen-bond acceptors (Lipinski definition) is 8. The van der Waals surface area contributed by atoms with E-state index in [1.165, 1.54) is 18.9 Å². The number of allylic oxidation sites excluding steroid dienone is 1. The van der Waals surface area contributed by atoms with Gasteiger partial charge in [0.1, 0.15) is 5.82 Å². The van der Waals surface area contributed by atoms with E-state index in [0.29, 0.717) is 46.5 Å². The van der Waals surface area contributed by atoms with Crippen molar-refractivity contribution in [3.8, 4) is 0 Å². The largest absolute Gasteiger partial charge is 0.465 e. The molecule has 2 unspecified atom stereocenters. The fraction of sp³-hybridized carbons (Fsp3) is 0.500. The number of methoxy groups -OCH3 is 1. The SMILES string of the molecule is C=CCn1c(SC(C)C(=O)c2[nH]c(C)c(C(=O)OC)c2C)nnc1C1CCS(=O)(=O)C1. The first kappa shape index (κ1) is 23.3. The molecule has 31 heavy (non-hydrogen) atoms. The van der Waals surface area contributed by atoms with Crippen molar-refractivity contribution in [1.29, 1.82) is 0 Å². The third-order valence-corrected chi connectivity index (χ3v) is 8.23. The van der Waals surface area contributed by atoms with E-state index in [1.807, 2.05) is 4.57 Å². The van der Waals surface area contributed by atoms with E-state index in [4.69, 9.17) is 4.74 Å². The summed E-state index contributed by atoms with van der Waals surface area (Å²) in [6, 6.07) is 0. The van der Waals surface area contributed by atoms with Crippen LogP contribution in [-0.4, -0.2) is 63.8 Å². The van der Waals surface area contributed by atoms with E-state index in [1.54, 1.807) is 26.8 Å². The average Bonchev–Trinajstić information content (AvgIpc) is 3.36. The Kier molecular flexibility index (Phi) is 6.75. The van der Waals surface area contributed by atoms with Gasteiger partial charge in [0.05, 0.1) is 35.1 Å². The fourth-order valence-corrected chi connectivity index (χ4v) is 6.47. The number of ketones is 1. The average molecular weight is 467 g/mol. The van der Waals surface area contributed by atoms with E-state index in [0.717, 1.165) is 0 Å². The number of aryl methyl sites for hydroxylation is 1. The van der Waals surface area contributed by atoms with E-state index in [9.17, 15) is 18.0 Å². The summed E-state index contributed by atoms with van der Waals surface area (Å²) in [6.07, 6.45) is 2.20. The van der Waals surface area contributed by atoms with Crippen molar-refractivity contribution in [3.63, 3.8) is 0 Å². The summed E-state index contributed by atoms with van der Waals surface area (Å²) in [5.74, 6) is -0.0917. The normalized spacial score (nSPS) is 18.6. The van der Waals surface area contributed by atoms with Crippen molar-refractivity contribution in [2.75, 3.05) is 18.6 Å². The predicted octanol–water partition coefficient (Wildman–Crippen LogP) is 2.46. The number of ether oxygens (including phenoxy) is 1. The van der Waals surface area contributed by atoms with Gasteiger partial charge in [-0.3, -0.25) is 4.79 Å². The highest BCUT2D eigenvalue weighted by atomic mass is 32.2. The molecule has 1 aliphatic heterocycles. The molecule has 2 aromatic heterocycles. The highest BCUT2D eigenvalue weighted by Gasteiger charge is 2.34. The van der Waals surface area contributed by atoms with Crippen molar-refractivity contribution >= 4 is 33.4 Å². The summed E-state index contributed by atoms with van der Waals surface area (Å²) in [5.41, 5.74) is 1.84. The Morgan fingerprint density at radius 1 is 1.39 bits per heavy atom. The van der Waals surface area contributed by atoms with Crippen molar-refractivity contribution < 1.29 is 22.7 Å². The number of thioether (sulfide) groups is 1. The van der Waals surface area contributed by atoms with Gasteiger partial charge in [-0.15, -0.1) is 16.8 Å². The van der Waals surface area contributed by atoms with Crippen LogP contribution in [-0.2, 0) is 21.1 Å². The predicted molar refractivity (Wildman–Crippen MR) is 117 cm³/mol. The van der Waals surface area contributed by atoms with Crippen LogP contribution in [0.15, 0.2) is 17.8 Å². The molecule has 0 aliphatic carbocycles. The lowest BCUT2D eigenvalue weighted by Gasteiger charge is -2.13. The van der Waals surface area contributed by atoms with Crippen LogP contribution in [0.2, 0.25) is 0 Å². The van der Waals surface area contributed by atoms with Gasteiger partial charge in [0.25, 0.3) is 0 Å². The molecule has 2 atom stereocenters. The second-order valence-electron chi connectivity index (χ2n) is 7.58. The monoisotopic (exact) mass is 466 g/mol. The Morgan fingerprint density at radius 2 is 2.10 bits per heavy atom. The topological polar surface area (TPSA) is 124 Å². The molecule has 0 radical (unpaired) electrons. The molecule has 1 fully saturated rings. The molecule has 3 rings (SSSR count). The summed E-state index contributed by atoms with van der Waals surface area (Å²) in [6.45, 7) is 9.36. The number of H-pyrrole nitrogens is 1. The van der Waals surface area contributed by atoms with Crippen LogP contribution in [0.25, 0.3) is 0 Å². The van der Waals surface area contributed by atoms with Crippen LogP contribution in [0.3, 0.4) is 0 Å². The summed E-state index contributed by atoms with van der Waals surface area (Å²) in [4.78, 5) is 28.1. The van der Waals surface area contributed by atoms with Crippen molar-refractivity contribution in [2.24, 2.45) is 0 Å². The van der Waals surface area contributed by atoms with Crippen molar-refractivity contribution in [1.82, 2.24) is 19.7 Å². The number of nitrogens with zero attached hydrogens (tertiary/aromatic N) is 3. The molecule has 1 N–H and O–H groups in total. The van der Waals surface area contributed by atoms with Gasteiger partial charge in [0.15, 0.2) is 20.8 Å². The molecule has 0 bridgehead atoms. The molecule has 1 aliphatic rings. The number of esters is 1. The van der Waals surface area contributed by atoms with Crippen molar-refractivity contribution in [2.45, 2.75) is 50.1 Å². The van der Waals surface area contributed by atoms with E-state index in [2.05, 4.69) is 21.8 Å². The van der Waals surface area contributed by atoms with E-state index in [-0.39, 0.29) is 23.2 Å². The zero-order valence-corrected chi connectivity index (χ0v) is 19.6. The second kappa shape index (κ2) is 8.99. The first-order chi connectivity index (χ1) is 14.6. The standard InChI is InChI=1S/C20H26N4O5S2/c1-6-8-24-18(14-7-9-31(27,28)10-14)22-23-20(24)30-13(4)17(25)16-11(2)15(12(3)21-16)19(26)29-5/h6,13-14,21H,1,7-10H2,2-5H3. The molecule has 0 spiro atoms. The minimum absolute atomic E-state index is 0.0542. The maximum absolute atomic E-state index is 13.1. The molecule has 1 saturated heterocycles. The second-order valence-corrected chi connectivity index (χ2v) is 11.1.